The number of nitrogens with zero attached hydrogens (tertiary/aromatic N) is 1. The van der Waals surface area contributed by atoms with Gasteiger partial charge in [0.05, 0.1) is 16.7 Å². The Morgan fingerprint density at radius 2 is 2.18 bits per heavy atom. The van der Waals surface area contributed by atoms with Gasteiger partial charge in [-0.1, -0.05) is 0 Å². The maximum absolute atomic E-state index is 12.1. The van der Waals surface area contributed by atoms with E-state index in [1.807, 2.05) is 0 Å². The van der Waals surface area contributed by atoms with Crippen LogP contribution in [0.4, 0.5) is 20.2 Å². The van der Waals surface area contributed by atoms with E-state index >= 15 is 0 Å². The second kappa shape index (κ2) is 5.19. The molecule has 92 valence electrons. The monoisotopic (exact) mass is 246 g/mol. The summed E-state index contributed by atoms with van der Waals surface area (Å²) in [5, 5.41) is 12.7. The van der Waals surface area contributed by atoms with Crippen molar-refractivity contribution in [2.45, 2.75) is 13.5 Å². The van der Waals surface area contributed by atoms with E-state index in [2.05, 4.69) is 10.1 Å². The number of hydrogen-bond acceptors (Lipinski definition) is 4. The number of halogens is 2. The summed E-state index contributed by atoms with van der Waals surface area (Å²) in [6.45, 7) is -1.96. The van der Waals surface area contributed by atoms with Crippen LogP contribution in [0, 0.1) is 10.1 Å². The van der Waals surface area contributed by atoms with Crippen molar-refractivity contribution in [3.05, 3.63) is 28.3 Å². The van der Waals surface area contributed by atoms with E-state index < -0.39 is 28.9 Å². The highest BCUT2D eigenvalue weighted by Gasteiger charge is 2.15. The fourth-order valence-electron chi connectivity index (χ4n) is 1.11. The van der Waals surface area contributed by atoms with E-state index in [4.69, 9.17) is 0 Å². The number of rotatable bonds is 4. The first-order valence-corrected chi connectivity index (χ1v) is 4.41. The third-order valence-electron chi connectivity index (χ3n) is 1.70. The molecule has 1 rings (SSSR count). The van der Waals surface area contributed by atoms with E-state index in [9.17, 15) is 23.7 Å². The highest BCUT2D eigenvalue weighted by Crippen LogP contribution is 2.30. The number of nitrogens with one attached hydrogen (secondary N) is 1. The van der Waals surface area contributed by atoms with Gasteiger partial charge in [0.1, 0.15) is 0 Å². The molecule has 0 saturated carbocycles. The smallest absolute Gasteiger partial charge is 0.387 e. The summed E-state index contributed by atoms with van der Waals surface area (Å²) in [7, 11) is 0. The van der Waals surface area contributed by atoms with Crippen molar-refractivity contribution in [1.29, 1.82) is 0 Å². The number of nitro groups is 1. The predicted molar refractivity (Wildman–Crippen MR) is 54.0 cm³/mol. The maximum atomic E-state index is 12.1. The Morgan fingerprint density at radius 1 is 1.53 bits per heavy atom. The molecule has 8 heteroatoms. The Balaban J connectivity index is 3.11. The number of ether oxygens (including phenoxy) is 1. The maximum Gasteiger partial charge on any atom is 0.387 e. The Kier molecular flexibility index (Phi) is 3.91. The van der Waals surface area contributed by atoms with Gasteiger partial charge < -0.3 is 10.1 Å². The Bertz CT molecular complexity index is 451. The average molecular weight is 246 g/mol. The summed E-state index contributed by atoms with van der Waals surface area (Å²) >= 11 is 0. The van der Waals surface area contributed by atoms with Crippen LogP contribution in [0.2, 0.25) is 0 Å². The highest BCUT2D eigenvalue weighted by molar-refractivity contribution is 5.90. The molecule has 0 aliphatic rings. The average Bonchev–Trinajstić information content (AvgIpc) is 2.18. The van der Waals surface area contributed by atoms with Gasteiger partial charge in [0.25, 0.3) is 5.69 Å². The molecule has 0 radical (unpaired) electrons. The summed E-state index contributed by atoms with van der Waals surface area (Å²) < 4.78 is 28.2. The number of hydrogen-bond donors (Lipinski definition) is 1. The largest absolute Gasteiger partial charge is 0.432 e. The van der Waals surface area contributed by atoms with Crippen molar-refractivity contribution in [3.8, 4) is 5.75 Å². The van der Waals surface area contributed by atoms with Gasteiger partial charge in [-0.05, 0) is 6.07 Å². The molecule has 0 heterocycles. The number of carbonyl (C=O) groups excluding carboxylic acids is 1. The lowest BCUT2D eigenvalue weighted by molar-refractivity contribution is -0.385. The number of alkyl halides is 2. The second-order valence-corrected chi connectivity index (χ2v) is 3.00. The lowest BCUT2D eigenvalue weighted by Gasteiger charge is -2.10. The van der Waals surface area contributed by atoms with Crippen LogP contribution >= 0.6 is 0 Å². The fourth-order valence-corrected chi connectivity index (χ4v) is 1.11. The molecule has 0 bridgehead atoms. The highest BCUT2D eigenvalue weighted by atomic mass is 19.3. The SMILES string of the molecule is CC(=O)Nc1ccc([N+](=O)[O-])cc1OC(F)F. The standard InChI is InChI=1S/C9H8F2N2O4/c1-5(14)12-7-3-2-6(13(15)16)4-8(7)17-9(10)11/h2-4,9H,1H3,(H,12,14). The molecule has 17 heavy (non-hydrogen) atoms. The zero-order valence-corrected chi connectivity index (χ0v) is 8.65. The number of nitro benzene ring substituents is 1. The minimum atomic E-state index is -3.13. The minimum Gasteiger partial charge on any atom is -0.432 e. The number of anilines is 1. The van der Waals surface area contributed by atoms with Gasteiger partial charge in [-0.15, -0.1) is 0 Å². The molecule has 0 aromatic heterocycles. The summed E-state index contributed by atoms with van der Waals surface area (Å²) in [6.07, 6.45) is 0. The number of carbonyl (C=O) groups is 1. The normalized spacial score (nSPS) is 10.1. The minimum absolute atomic E-state index is 0.0524. The quantitative estimate of drug-likeness (QED) is 0.651. The number of amides is 1. The third-order valence-corrected chi connectivity index (χ3v) is 1.70. The Morgan fingerprint density at radius 3 is 2.65 bits per heavy atom. The van der Waals surface area contributed by atoms with Gasteiger partial charge in [-0.2, -0.15) is 8.78 Å². The molecule has 0 aliphatic heterocycles. The lowest BCUT2D eigenvalue weighted by atomic mass is 10.2. The first-order valence-electron chi connectivity index (χ1n) is 4.41. The van der Waals surface area contributed by atoms with Crippen LogP contribution in [0.15, 0.2) is 18.2 Å². The molecule has 1 aromatic rings. The molecule has 0 unspecified atom stereocenters. The molecule has 1 aromatic carbocycles. The van der Waals surface area contributed by atoms with Gasteiger partial charge in [-0.3, -0.25) is 14.9 Å². The van der Waals surface area contributed by atoms with Crippen LogP contribution in [0.3, 0.4) is 0 Å². The van der Waals surface area contributed by atoms with Crippen molar-refractivity contribution in [3.63, 3.8) is 0 Å². The van der Waals surface area contributed by atoms with Crippen LogP contribution < -0.4 is 10.1 Å². The van der Waals surface area contributed by atoms with Crippen molar-refractivity contribution in [1.82, 2.24) is 0 Å². The number of non-ortho nitro benzene ring substituents is 1. The van der Waals surface area contributed by atoms with E-state index in [1.165, 1.54) is 6.92 Å². The Labute approximate surface area is 94.3 Å². The molecule has 0 fully saturated rings. The van der Waals surface area contributed by atoms with Crippen molar-refractivity contribution >= 4 is 17.3 Å². The molecule has 1 amide bonds. The van der Waals surface area contributed by atoms with Gasteiger partial charge in [0.15, 0.2) is 5.75 Å². The molecule has 6 nitrogen and oxygen atoms in total. The topological polar surface area (TPSA) is 81.5 Å². The van der Waals surface area contributed by atoms with Crippen molar-refractivity contribution < 1.29 is 23.2 Å². The molecular formula is C9H8F2N2O4. The molecule has 1 N–H and O–H groups in total. The van der Waals surface area contributed by atoms with Crippen LogP contribution in [-0.2, 0) is 4.79 Å². The van der Waals surface area contributed by atoms with Gasteiger partial charge in [0, 0.05) is 13.0 Å². The molecule has 0 spiro atoms. The first-order chi connectivity index (χ1) is 7.90. The van der Waals surface area contributed by atoms with E-state index in [1.54, 1.807) is 0 Å². The summed E-state index contributed by atoms with van der Waals surface area (Å²) in [6, 6.07) is 3.01. The van der Waals surface area contributed by atoms with Gasteiger partial charge in [-0.25, -0.2) is 0 Å². The fraction of sp³-hybridized carbons (Fsp3) is 0.222. The van der Waals surface area contributed by atoms with E-state index in [0.717, 1.165) is 18.2 Å². The van der Waals surface area contributed by atoms with Crippen LogP contribution in [0.5, 0.6) is 5.75 Å². The van der Waals surface area contributed by atoms with Gasteiger partial charge in [0.2, 0.25) is 5.91 Å². The van der Waals surface area contributed by atoms with Crippen LogP contribution in [0.1, 0.15) is 6.92 Å². The van der Waals surface area contributed by atoms with E-state index in [-0.39, 0.29) is 5.69 Å². The first kappa shape index (κ1) is 12.8. The number of benzene rings is 1. The zero-order chi connectivity index (χ0) is 13.0. The van der Waals surface area contributed by atoms with Crippen LogP contribution in [0.25, 0.3) is 0 Å². The lowest BCUT2D eigenvalue weighted by Crippen LogP contribution is -2.10. The van der Waals surface area contributed by atoms with Crippen LogP contribution in [-0.4, -0.2) is 17.4 Å². The van der Waals surface area contributed by atoms with E-state index in [0.29, 0.717) is 0 Å². The molecular weight excluding hydrogens is 238 g/mol. The Hall–Kier alpha value is -2.25. The molecule has 0 saturated heterocycles. The predicted octanol–water partition coefficient (Wildman–Crippen LogP) is 2.15. The summed E-state index contributed by atoms with van der Waals surface area (Å²) in [5.74, 6) is -0.956. The summed E-state index contributed by atoms with van der Waals surface area (Å²) in [5.41, 5.74) is -0.460. The zero-order valence-electron chi connectivity index (χ0n) is 8.65. The van der Waals surface area contributed by atoms with Crippen molar-refractivity contribution in [2.24, 2.45) is 0 Å². The molecule has 0 atom stereocenters. The van der Waals surface area contributed by atoms with Crippen molar-refractivity contribution in [2.75, 3.05) is 5.32 Å². The third kappa shape index (κ3) is 3.67. The second-order valence-electron chi connectivity index (χ2n) is 3.00. The summed E-state index contributed by atoms with van der Waals surface area (Å²) in [4.78, 5) is 20.5. The van der Waals surface area contributed by atoms with Gasteiger partial charge >= 0.3 is 6.61 Å². The molecule has 0 aliphatic carbocycles.